The highest BCUT2D eigenvalue weighted by atomic mass is 32.2. The molecule has 178 valence electrons. The fraction of sp³-hybridized carbons (Fsp3) is 0.208. The zero-order chi connectivity index (χ0) is 24.6. The van der Waals surface area contributed by atoms with Crippen LogP contribution in [0.4, 0.5) is 11.4 Å². The van der Waals surface area contributed by atoms with Gasteiger partial charge in [-0.2, -0.15) is 11.8 Å². The molecule has 3 aromatic carbocycles. The van der Waals surface area contributed by atoms with Gasteiger partial charge in [-0.25, -0.2) is 8.42 Å². The largest absolute Gasteiger partial charge is 0.354 e. The lowest BCUT2D eigenvalue weighted by Crippen LogP contribution is -2.41. The van der Waals surface area contributed by atoms with Crippen LogP contribution >= 0.6 is 11.8 Å². The minimum Gasteiger partial charge on any atom is -0.354 e. The zero-order valence-corrected chi connectivity index (χ0v) is 20.2. The molecule has 0 spiro atoms. The fourth-order valence-corrected chi connectivity index (χ4v) is 5.68. The molecule has 0 saturated carbocycles. The molecular weight excluding hydrogens is 474 g/mol. The highest BCUT2D eigenvalue weighted by Crippen LogP contribution is 2.29. The Labute approximate surface area is 203 Å². The van der Waals surface area contributed by atoms with Crippen LogP contribution in [0.2, 0.25) is 0 Å². The van der Waals surface area contributed by atoms with Crippen molar-refractivity contribution in [3.05, 3.63) is 100 Å². The zero-order valence-electron chi connectivity index (χ0n) is 18.6. The van der Waals surface area contributed by atoms with E-state index in [9.17, 15) is 23.3 Å². The Morgan fingerprint density at radius 2 is 1.74 bits per heavy atom. The van der Waals surface area contributed by atoms with E-state index in [1.807, 2.05) is 25.1 Å². The summed E-state index contributed by atoms with van der Waals surface area (Å²) >= 11 is 1.66. The molecule has 1 N–H and O–H groups in total. The number of carbonyl (C=O) groups excluding carboxylic acids is 1. The lowest BCUT2D eigenvalue weighted by Gasteiger charge is -2.24. The molecule has 0 bridgehead atoms. The number of rotatable bonds is 11. The maximum atomic E-state index is 13.4. The third-order valence-corrected chi connectivity index (χ3v) is 7.73. The summed E-state index contributed by atoms with van der Waals surface area (Å²) in [5.41, 5.74) is 2.08. The molecule has 10 heteroatoms. The van der Waals surface area contributed by atoms with Gasteiger partial charge >= 0.3 is 0 Å². The molecule has 0 unspecified atom stereocenters. The van der Waals surface area contributed by atoms with Gasteiger partial charge in [0, 0.05) is 24.1 Å². The number of sulfonamides is 1. The van der Waals surface area contributed by atoms with Crippen LogP contribution in [-0.4, -0.2) is 38.1 Å². The van der Waals surface area contributed by atoms with E-state index in [0.29, 0.717) is 12.3 Å². The lowest BCUT2D eigenvalue weighted by molar-refractivity contribution is -0.387. The molecule has 0 atom stereocenters. The first kappa shape index (κ1) is 25.3. The second-order valence-corrected chi connectivity index (χ2v) is 10.4. The molecule has 0 saturated heterocycles. The van der Waals surface area contributed by atoms with Gasteiger partial charge in [-0.15, -0.1) is 0 Å². The van der Waals surface area contributed by atoms with Crippen LogP contribution in [0.1, 0.15) is 11.1 Å². The van der Waals surface area contributed by atoms with Crippen molar-refractivity contribution in [2.45, 2.75) is 17.6 Å². The van der Waals surface area contributed by atoms with Gasteiger partial charge in [-0.3, -0.25) is 19.2 Å². The SMILES string of the molecule is Cc1cccc(CSCCNC(=O)CN(c2ccccc2)S(=O)(=O)c2ccccc2[N+](=O)[O-])c1. The topological polar surface area (TPSA) is 110 Å². The van der Waals surface area contributed by atoms with E-state index < -0.39 is 38.0 Å². The van der Waals surface area contributed by atoms with Crippen LogP contribution in [0.3, 0.4) is 0 Å². The number of thioether (sulfide) groups is 1. The molecule has 0 aliphatic heterocycles. The molecule has 0 aromatic heterocycles. The molecule has 3 aromatic rings. The Hall–Kier alpha value is -3.37. The highest BCUT2D eigenvalue weighted by molar-refractivity contribution is 7.98. The van der Waals surface area contributed by atoms with Gasteiger partial charge in [0.15, 0.2) is 4.90 Å². The predicted molar refractivity (Wildman–Crippen MR) is 134 cm³/mol. The Kier molecular flexibility index (Phi) is 8.67. The number of hydrogen-bond donors (Lipinski definition) is 1. The van der Waals surface area contributed by atoms with Crippen molar-refractivity contribution in [2.24, 2.45) is 0 Å². The average molecular weight is 500 g/mol. The monoisotopic (exact) mass is 499 g/mol. The van der Waals surface area contributed by atoms with Crippen molar-refractivity contribution < 1.29 is 18.1 Å². The van der Waals surface area contributed by atoms with Gasteiger partial charge in [-0.05, 0) is 30.7 Å². The van der Waals surface area contributed by atoms with Crippen LogP contribution in [0.5, 0.6) is 0 Å². The quantitative estimate of drug-likeness (QED) is 0.241. The smallest absolute Gasteiger partial charge is 0.289 e. The van der Waals surface area contributed by atoms with Crippen molar-refractivity contribution in [3.8, 4) is 0 Å². The minimum atomic E-state index is -4.37. The number of hydrogen-bond acceptors (Lipinski definition) is 6. The number of carbonyl (C=O) groups is 1. The molecule has 34 heavy (non-hydrogen) atoms. The first-order valence-electron chi connectivity index (χ1n) is 10.5. The fourth-order valence-electron chi connectivity index (χ4n) is 3.30. The summed E-state index contributed by atoms with van der Waals surface area (Å²) < 4.78 is 27.7. The van der Waals surface area contributed by atoms with E-state index in [0.717, 1.165) is 16.1 Å². The molecule has 0 fully saturated rings. The highest BCUT2D eigenvalue weighted by Gasteiger charge is 2.32. The molecule has 0 radical (unpaired) electrons. The Bertz CT molecular complexity index is 1250. The van der Waals surface area contributed by atoms with Crippen molar-refractivity contribution in [2.75, 3.05) is 23.1 Å². The lowest BCUT2D eigenvalue weighted by atomic mass is 10.2. The minimum absolute atomic E-state index is 0.240. The Balaban J connectivity index is 1.69. The third kappa shape index (κ3) is 6.58. The Morgan fingerprint density at radius 3 is 2.44 bits per heavy atom. The summed E-state index contributed by atoms with van der Waals surface area (Å²) in [5, 5.41) is 14.2. The van der Waals surface area contributed by atoms with Crippen LogP contribution in [-0.2, 0) is 20.6 Å². The molecule has 0 heterocycles. The summed E-state index contributed by atoms with van der Waals surface area (Å²) in [6.45, 7) is 1.90. The third-order valence-electron chi connectivity index (χ3n) is 4.88. The maximum Gasteiger partial charge on any atom is 0.289 e. The molecule has 1 amide bonds. The molecule has 0 aliphatic rings. The number of anilines is 1. The van der Waals surface area contributed by atoms with Gasteiger partial charge in [0.2, 0.25) is 5.91 Å². The van der Waals surface area contributed by atoms with E-state index in [1.165, 1.54) is 41.5 Å². The number of nitrogens with zero attached hydrogens (tertiary/aromatic N) is 2. The average Bonchev–Trinajstić information content (AvgIpc) is 2.83. The summed E-state index contributed by atoms with van der Waals surface area (Å²) in [7, 11) is -4.37. The van der Waals surface area contributed by atoms with Crippen LogP contribution in [0.25, 0.3) is 0 Å². The standard InChI is InChI=1S/C24H25N3O5S2/c1-19-8-7-9-20(16-19)18-33-15-14-25-24(28)17-26(21-10-3-2-4-11-21)34(31,32)23-13-6-5-12-22(23)27(29)30/h2-13,16H,14-15,17-18H2,1H3,(H,25,28). The summed E-state index contributed by atoms with van der Waals surface area (Å²) in [6.07, 6.45) is 0. The van der Waals surface area contributed by atoms with Crippen LogP contribution in [0, 0.1) is 17.0 Å². The van der Waals surface area contributed by atoms with Gasteiger partial charge in [0.05, 0.1) is 10.6 Å². The van der Waals surface area contributed by atoms with E-state index in [4.69, 9.17) is 0 Å². The molecule has 3 rings (SSSR count). The number of nitro benzene ring substituents is 1. The number of benzene rings is 3. The van der Waals surface area contributed by atoms with Gasteiger partial charge in [0.1, 0.15) is 6.54 Å². The van der Waals surface area contributed by atoms with Crippen molar-refractivity contribution in [1.29, 1.82) is 0 Å². The number of amides is 1. The van der Waals surface area contributed by atoms with E-state index in [-0.39, 0.29) is 5.69 Å². The van der Waals surface area contributed by atoms with Crippen molar-refractivity contribution >= 4 is 39.1 Å². The first-order valence-corrected chi connectivity index (χ1v) is 13.1. The predicted octanol–water partition coefficient (Wildman–Crippen LogP) is 4.15. The van der Waals surface area contributed by atoms with E-state index >= 15 is 0 Å². The van der Waals surface area contributed by atoms with E-state index in [1.54, 1.807) is 30.0 Å². The Morgan fingerprint density at radius 1 is 1.03 bits per heavy atom. The van der Waals surface area contributed by atoms with Crippen molar-refractivity contribution in [3.63, 3.8) is 0 Å². The molecule has 8 nitrogen and oxygen atoms in total. The van der Waals surface area contributed by atoms with Crippen LogP contribution in [0.15, 0.2) is 83.8 Å². The number of nitro groups is 1. The second kappa shape index (κ2) is 11.7. The molecule has 0 aliphatic carbocycles. The number of aryl methyl sites for hydroxylation is 1. The summed E-state index contributed by atoms with van der Waals surface area (Å²) in [6, 6.07) is 21.4. The number of para-hydroxylation sites is 2. The first-order chi connectivity index (χ1) is 16.3. The maximum absolute atomic E-state index is 13.4. The number of nitrogens with one attached hydrogen (secondary N) is 1. The van der Waals surface area contributed by atoms with Gasteiger partial charge < -0.3 is 5.32 Å². The normalized spacial score (nSPS) is 11.1. The summed E-state index contributed by atoms with van der Waals surface area (Å²) in [4.78, 5) is 22.8. The van der Waals surface area contributed by atoms with Gasteiger partial charge in [0.25, 0.3) is 15.7 Å². The van der Waals surface area contributed by atoms with Crippen LogP contribution < -0.4 is 9.62 Å². The van der Waals surface area contributed by atoms with E-state index in [2.05, 4.69) is 11.4 Å². The van der Waals surface area contributed by atoms with Crippen molar-refractivity contribution in [1.82, 2.24) is 5.32 Å². The summed E-state index contributed by atoms with van der Waals surface area (Å²) in [5.74, 6) is 0.962. The molecular formula is C24H25N3O5S2. The van der Waals surface area contributed by atoms with Gasteiger partial charge in [-0.1, -0.05) is 60.2 Å². The second-order valence-electron chi connectivity index (χ2n) is 7.46.